The molecule has 2 heterocycles. The Kier molecular flexibility index (Phi) is 3.59. The third kappa shape index (κ3) is 2.58. The van der Waals surface area contributed by atoms with Crippen LogP contribution in [0.5, 0.6) is 0 Å². The summed E-state index contributed by atoms with van der Waals surface area (Å²) in [6.07, 6.45) is 1.86. The molecular weight excluding hydrogens is 389 g/mol. The van der Waals surface area contributed by atoms with Gasteiger partial charge >= 0.3 is 0 Å². The van der Waals surface area contributed by atoms with Gasteiger partial charge in [0.25, 0.3) is 0 Å². The lowest BCUT2D eigenvalue weighted by molar-refractivity contribution is 0.598. The van der Waals surface area contributed by atoms with E-state index in [9.17, 15) is 8.42 Å². The van der Waals surface area contributed by atoms with Crippen LogP contribution >= 0.6 is 34.5 Å². The number of fused-ring (bicyclic) bond motifs is 3. The van der Waals surface area contributed by atoms with E-state index < -0.39 is 10.0 Å². The minimum Gasteiger partial charge on any atom is -0.290 e. The number of halogens is 2. The Hall–Kier alpha value is -1.64. The lowest BCUT2D eigenvalue weighted by Gasteiger charge is -2.01. The Morgan fingerprint density at radius 2 is 1.92 bits per heavy atom. The molecule has 0 unspecified atom stereocenters. The summed E-state index contributed by atoms with van der Waals surface area (Å²) in [6.45, 7) is 0. The molecule has 0 radical (unpaired) electrons. The van der Waals surface area contributed by atoms with Crippen LogP contribution in [0.2, 0.25) is 10.0 Å². The van der Waals surface area contributed by atoms with Crippen molar-refractivity contribution >= 4 is 59.7 Å². The second-order valence-corrected chi connectivity index (χ2v) is 8.59. The molecule has 0 fully saturated rings. The van der Waals surface area contributed by atoms with Gasteiger partial charge in [0.1, 0.15) is 0 Å². The van der Waals surface area contributed by atoms with Crippen molar-refractivity contribution in [2.75, 3.05) is 0 Å². The fourth-order valence-electron chi connectivity index (χ4n) is 2.49. The van der Waals surface area contributed by atoms with Gasteiger partial charge in [-0.1, -0.05) is 34.5 Å². The van der Waals surface area contributed by atoms with Crippen LogP contribution in [0.3, 0.4) is 0 Å². The van der Waals surface area contributed by atoms with Crippen molar-refractivity contribution in [1.82, 2.24) is 9.38 Å². The molecule has 5 nitrogen and oxygen atoms in total. The van der Waals surface area contributed by atoms with E-state index in [1.54, 1.807) is 24.3 Å². The van der Waals surface area contributed by atoms with Crippen LogP contribution in [0.25, 0.3) is 26.4 Å². The highest BCUT2D eigenvalue weighted by atomic mass is 35.5. The highest BCUT2D eigenvalue weighted by molar-refractivity contribution is 7.89. The monoisotopic (exact) mass is 397 g/mol. The number of benzene rings is 2. The van der Waals surface area contributed by atoms with Crippen LogP contribution in [0.15, 0.2) is 47.5 Å². The fourth-order valence-corrected chi connectivity index (χ4v) is 4.65. The molecule has 0 bridgehead atoms. The molecule has 9 heteroatoms. The first-order chi connectivity index (χ1) is 11.3. The van der Waals surface area contributed by atoms with E-state index in [2.05, 4.69) is 4.98 Å². The average Bonchev–Trinajstić information content (AvgIpc) is 3.03. The van der Waals surface area contributed by atoms with Crippen LogP contribution in [0, 0.1) is 0 Å². The molecule has 0 atom stereocenters. The first-order valence-corrected chi connectivity index (χ1v) is 9.85. The van der Waals surface area contributed by atoms with Crippen molar-refractivity contribution in [1.29, 1.82) is 0 Å². The summed E-state index contributed by atoms with van der Waals surface area (Å²) in [6, 6.07) is 10.00. The van der Waals surface area contributed by atoms with Crippen molar-refractivity contribution in [3.63, 3.8) is 0 Å². The van der Waals surface area contributed by atoms with Gasteiger partial charge in [0.15, 0.2) is 4.96 Å². The SMILES string of the molecule is NS(=O)(=O)c1ccc2c(c1)sc1nc(-c3ccc(Cl)cc3Cl)cn12. The van der Waals surface area contributed by atoms with Gasteiger partial charge in [-0.2, -0.15) is 0 Å². The summed E-state index contributed by atoms with van der Waals surface area (Å²) in [5.41, 5.74) is 2.36. The number of thiazole rings is 1. The predicted octanol–water partition coefficient (Wildman–Crippen LogP) is 4.17. The van der Waals surface area contributed by atoms with Crippen molar-refractivity contribution in [2.45, 2.75) is 4.90 Å². The molecule has 0 aliphatic heterocycles. The van der Waals surface area contributed by atoms with Gasteiger partial charge in [0.05, 0.1) is 25.8 Å². The first-order valence-electron chi connectivity index (χ1n) is 6.73. The molecule has 2 aromatic carbocycles. The van der Waals surface area contributed by atoms with Gasteiger partial charge in [-0.3, -0.25) is 4.40 Å². The van der Waals surface area contributed by atoms with E-state index in [-0.39, 0.29) is 4.90 Å². The molecule has 2 N–H and O–H groups in total. The van der Waals surface area contributed by atoms with E-state index in [4.69, 9.17) is 28.3 Å². The molecule has 0 saturated heterocycles. The Balaban J connectivity index is 1.91. The van der Waals surface area contributed by atoms with Crippen LogP contribution < -0.4 is 5.14 Å². The summed E-state index contributed by atoms with van der Waals surface area (Å²) < 4.78 is 25.6. The summed E-state index contributed by atoms with van der Waals surface area (Å²) in [5.74, 6) is 0. The zero-order valence-electron chi connectivity index (χ0n) is 11.9. The number of nitrogens with zero attached hydrogens (tertiary/aromatic N) is 2. The predicted molar refractivity (Wildman–Crippen MR) is 97.4 cm³/mol. The molecule has 24 heavy (non-hydrogen) atoms. The Bertz CT molecular complexity index is 1210. The first kappa shape index (κ1) is 15.9. The number of primary sulfonamides is 1. The number of aromatic nitrogens is 2. The smallest absolute Gasteiger partial charge is 0.238 e. The van der Waals surface area contributed by atoms with Gasteiger partial charge in [0, 0.05) is 16.8 Å². The van der Waals surface area contributed by atoms with Crippen LogP contribution in [0.1, 0.15) is 0 Å². The van der Waals surface area contributed by atoms with E-state index in [1.165, 1.54) is 17.4 Å². The zero-order chi connectivity index (χ0) is 17.1. The number of imidazole rings is 1. The Labute approximate surface area is 151 Å². The molecule has 122 valence electrons. The van der Waals surface area contributed by atoms with Gasteiger partial charge < -0.3 is 0 Å². The number of hydrogen-bond acceptors (Lipinski definition) is 4. The quantitative estimate of drug-likeness (QED) is 0.551. The summed E-state index contributed by atoms with van der Waals surface area (Å²) >= 11 is 13.5. The highest BCUT2D eigenvalue weighted by Gasteiger charge is 2.15. The van der Waals surface area contributed by atoms with Crippen molar-refractivity contribution < 1.29 is 8.42 Å². The summed E-state index contributed by atoms with van der Waals surface area (Å²) in [4.78, 5) is 5.39. The normalized spacial score (nSPS) is 12.3. The minimum atomic E-state index is -3.73. The molecule has 0 saturated carbocycles. The van der Waals surface area contributed by atoms with E-state index in [0.29, 0.717) is 10.0 Å². The maximum absolute atomic E-state index is 11.5. The maximum atomic E-state index is 11.5. The zero-order valence-corrected chi connectivity index (χ0v) is 15.0. The van der Waals surface area contributed by atoms with Gasteiger partial charge in [-0.15, -0.1) is 0 Å². The van der Waals surface area contributed by atoms with Crippen LogP contribution in [0.4, 0.5) is 0 Å². The molecule has 0 aliphatic carbocycles. The van der Waals surface area contributed by atoms with Crippen LogP contribution in [-0.2, 0) is 10.0 Å². The van der Waals surface area contributed by atoms with Crippen molar-refractivity contribution in [2.24, 2.45) is 5.14 Å². The average molecular weight is 398 g/mol. The molecule has 4 rings (SSSR count). The topological polar surface area (TPSA) is 77.5 Å². The van der Waals surface area contributed by atoms with E-state index >= 15 is 0 Å². The summed E-state index contributed by atoms with van der Waals surface area (Å²) in [7, 11) is -3.73. The van der Waals surface area contributed by atoms with Gasteiger partial charge in [-0.05, 0) is 36.4 Å². The number of sulfonamides is 1. The van der Waals surface area contributed by atoms with Gasteiger partial charge in [0.2, 0.25) is 10.0 Å². The molecule has 4 aromatic rings. The molecule has 2 aromatic heterocycles. The minimum absolute atomic E-state index is 0.0838. The second kappa shape index (κ2) is 5.44. The lowest BCUT2D eigenvalue weighted by atomic mass is 10.2. The van der Waals surface area contributed by atoms with Gasteiger partial charge in [-0.25, -0.2) is 18.5 Å². The van der Waals surface area contributed by atoms with Crippen LogP contribution in [-0.4, -0.2) is 17.8 Å². The fraction of sp³-hybridized carbons (Fsp3) is 0. The summed E-state index contributed by atoms with van der Waals surface area (Å²) in [5, 5.41) is 6.26. The highest BCUT2D eigenvalue weighted by Crippen LogP contribution is 2.34. The van der Waals surface area contributed by atoms with E-state index in [1.807, 2.05) is 16.7 Å². The molecule has 0 spiro atoms. The molecule has 0 amide bonds. The molecule has 0 aliphatic rings. The second-order valence-electron chi connectivity index (χ2n) is 5.18. The lowest BCUT2D eigenvalue weighted by Crippen LogP contribution is -2.11. The van der Waals surface area contributed by atoms with E-state index in [0.717, 1.165) is 26.4 Å². The van der Waals surface area contributed by atoms with Crippen molar-refractivity contribution in [3.05, 3.63) is 52.6 Å². The third-order valence-corrected chi connectivity index (χ3v) is 6.08. The molecular formula is C15H9Cl2N3O2S2. The standard InChI is InChI=1S/C15H9Cl2N3O2S2/c16-8-1-3-10(11(17)5-8)12-7-20-13-4-2-9(24(18,21)22)6-14(13)23-15(20)19-12/h1-7H,(H2,18,21,22). The number of hydrogen-bond donors (Lipinski definition) is 1. The van der Waals surface area contributed by atoms with Crippen molar-refractivity contribution in [3.8, 4) is 11.3 Å². The Morgan fingerprint density at radius 1 is 1.12 bits per heavy atom. The number of nitrogens with two attached hydrogens (primary N) is 1. The maximum Gasteiger partial charge on any atom is 0.238 e. The third-order valence-electron chi connectivity index (χ3n) is 3.60. The largest absolute Gasteiger partial charge is 0.290 e. The Morgan fingerprint density at radius 3 is 2.62 bits per heavy atom. The number of rotatable bonds is 2.